The van der Waals surface area contributed by atoms with Gasteiger partial charge in [-0.15, -0.1) is 0 Å². The summed E-state index contributed by atoms with van der Waals surface area (Å²) in [5.41, 5.74) is 8.58. The van der Waals surface area contributed by atoms with E-state index in [1.165, 1.54) is 0 Å². The van der Waals surface area contributed by atoms with E-state index in [0.717, 1.165) is 29.9 Å². The lowest BCUT2D eigenvalue weighted by Gasteiger charge is -2.07. The fourth-order valence-electron chi connectivity index (χ4n) is 1.87. The van der Waals surface area contributed by atoms with Crippen molar-refractivity contribution in [2.24, 2.45) is 0 Å². The van der Waals surface area contributed by atoms with Gasteiger partial charge in [-0.2, -0.15) is 10.1 Å². The predicted molar refractivity (Wildman–Crippen MR) is 76.6 cm³/mol. The Morgan fingerprint density at radius 3 is 2.68 bits per heavy atom. The molecule has 0 radical (unpaired) electrons. The number of hydrogen-bond donors (Lipinski definition) is 1. The number of aryl methyl sites for hydroxylation is 1. The summed E-state index contributed by atoms with van der Waals surface area (Å²) < 4.78 is 7.56. The number of rotatable bonds is 4. The van der Waals surface area contributed by atoms with E-state index in [2.05, 4.69) is 31.0 Å². The molecule has 0 atom stereocenters. The van der Waals surface area contributed by atoms with Crippen LogP contribution in [0.1, 0.15) is 25.2 Å². The van der Waals surface area contributed by atoms with Crippen LogP contribution in [0.4, 0.5) is 5.69 Å². The number of halogens is 1. The third-order valence-electron chi connectivity index (χ3n) is 2.85. The number of nitrogens with two attached hydrogens (primary N) is 1. The minimum atomic E-state index is 0.461. The molecule has 0 aliphatic rings. The normalized spacial score (nSPS) is 10.7. The van der Waals surface area contributed by atoms with Gasteiger partial charge in [0.2, 0.25) is 5.88 Å². The molecule has 6 nitrogen and oxygen atoms in total. The predicted octanol–water partition coefficient (Wildman–Crippen LogP) is 2.14. The summed E-state index contributed by atoms with van der Waals surface area (Å²) in [6, 6.07) is 0. The van der Waals surface area contributed by atoms with Crippen LogP contribution in [-0.2, 0) is 12.8 Å². The van der Waals surface area contributed by atoms with Gasteiger partial charge >= 0.3 is 0 Å². The van der Waals surface area contributed by atoms with Crippen LogP contribution in [-0.4, -0.2) is 26.9 Å². The molecule has 2 aromatic heterocycles. The zero-order valence-electron chi connectivity index (χ0n) is 11.1. The molecule has 2 aromatic rings. The van der Waals surface area contributed by atoms with Crippen molar-refractivity contribution in [1.29, 1.82) is 0 Å². The Labute approximate surface area is 120 Å². The molecule has 0 bridgehead atoms. The number of aromatic nitrogens is 4. The Morgan fingerprint density at radius 2 is 2.11 bits per heavy atom. The first-order valence-corrected chi connectivity index (χ1v) is 6.84. The topological polar surface area (TPSA) is 78.8 Å². The van der Waals surface area contributed by atoms with Crippen molar-refractivity contribution in [3.63, 3.8) is 0 Å². The lowest BCUT2D eigenvalue weighted by atomic mass is 10.2. The summed E-state index contributed by atoms with van der Waals surface area (Å²) in [6.45, 7) is 4.05. The van der Waals surface area contributed by atoms with Crippen LogP contribution in [0.2, 0.25) is 0 Å². The molecule has 2 rings (SSSR count). The lowest BCUT2D eigenvalue weighted by Crippen LogP contribution is -2.08. The summed E-state index contributed by atoms with van der Waals surface area (Å²) in [5.74, 6) is 0.933. The number of nitrogen functional groups attached to an aromatic ring is 1. The molecule has 7 heteroatoms. The summed E-state index contributed by atoms with van der Waals surface area (Å²) in [4.78, 5) is 8.58. The number of ether oxygens (including phenoxy) is 1. The van der Waals surface area contributed by atoms with Crippen molar-refractivity contribution < 1.29 is 4.74 Å². The molecule has 0 saturated heterocycles. The van der Waals surface area contributed by atoms with Crippen LogP contribution in [0.25, 0.3) is 5.95 Å². The van der Waals surface area contributed by atoms with Gasteiger partial charge in [0, 0.05) is 0 Å². The average Bonchev–Trinajstić information content (AvgIpc) is 2.75. The highest BCUT2D eigenvalue weighted by atomic mass is 79.9. The Kier molecular flexibility index (Phi) is 4.04. The maximum atomic E-state index is 6.08. The second-order valence-corrected chi connectivity index (χ2v) is 4.81. The number of hydrogen-bond acceptors (Lipinski definition) is 5. The number of methoxy groups -OCH3 is 1. The molecule has 0 spiro atoms. The largest absolute Gasteiger partial charge is 0.480 e. The van der Waals surface area contributed by atoms with E-state index in [-0.39, 0.29) is 0 Å². The first-order chi connectivity index (χ1) is 9.12. The Bertz CT molecular complexity index is 596. The first-order valence-electron chi connectivity index (χ1n) is 6.05. The van der Waals surface area contributed by atoms with E-state index in [1.54, 1.807) is 18.0 Å². The van der Waals surface area contributed by atoms with Gasteiger partial charge < -0.3 is 10.5 Å². The van der Waals surface area contributed by atoms with Crippen LogP contribution in [0, 0.1) is 0 Å². The van der Waals surface area contributed by atoms with E-state index in [1.807, 2.05) is 13.8 Å². The van der Waals surface area contributed by atoms with Gasteiger partial charge in [0.1, 0.15) is 0 Å². The fraction of sp³-hybridized carbons (Fsp3) is 0.417. The second kappa shape index (κ2) is 5.56. The van der Waals surface area contributed by atoms with Crippen LogP contribution < -0.4 is 10.5 Å². The first kappa shape index (κ1) is 13.8. The van der Waals surface area contributed by atoms with E-state index >= 15 is 0 Å². The lowest BCUT2D eigenvalue weighted by molar-refractivity contribution is 0.392. The molecule has 0 amide bonds. The molecular formula is C12H16BrN5O. The van der Waals surface area contributed by atoms with Gasteiger partial charge in [-0.05, 0) is 28.8 Å². The Hall–Kier alpha value is -1.63. The molecule has 2 N–H and O–H groups in total. The smallest absolute Gasteiger partial charge is 0.254 e. The molecule has 0 saturated carbocycles. The fourth-order valence-corrected chi connectivity index (χ4v) is 2.22. The van der Waals surface area contributed by atoms with Crippen LogP contribution in [0.5, 0.6) is 5.88 Å². The highest BCUT2D eigenvalue weighted by Gasteiger charge is 2.16. The summed E-state index contributed by atoms with van der Waals surface area (Å²) in [6.07, 6.45) is 3.18. The number of nitrogens with zero attached hydrogens (tertiary/aromatic N) is 4. The van der Waals surface area contributed by atoms with E-state index in [9.17, 15) is 0 Å². The zero-order chi connectivity index (χ0) is 14.0. The summed E-state index contributed by atoms with van der Waals surface area (Å²) in [7, 11) is 1.56. The molecule has 2 heterocycles. The minimum Gasteiger partial charge on any atom is -0.480 e. The monoisotopic (exact) mass is 325 g/mol. The molecule has 0 aliphatic carbocycles. The van der Waals surface area contributed by atoms with Crippen molar-refractivity contribution in [1.82, 2.24) is 19.7 Å². The quantitative estimate of drug-likeness (QED) is 0.931. The standard InChI is InChI=1S/C12H16BrN5O/c1-4-8-10(14)9(5-2)18(17-8)12-15-6-7(13)11(16-12)19-3/h6H,4-5,14H2,1-3H3. The van der Waals surface area contributed by atoms with Gasteiger partial charge in [-0.3, -0.25) is 0 Å². The zero-order valence-corrected chi connectivity index (χ0v) is 12.7. The average molecular weight is 326 g/mol. The van der Waals surface area contributed by atoms with Gasteiger partial charge in [0.25, 0.3) is 5.95 Å². The summed E-state index contributed by atoms with van der Waals surface area (Å²) >= 11 is 3.33. The van der Waals surface area contributed by atoms with Crippen LogP contribution in [0.15, 0.2) is 10.7 Å². The van der Waals surface area contributed by atoms with Gasteiger partial charge in [-0.25, -0.2) is 9.67 Å². The van der Waals surface area contributed by atoms with Crippen molar-refractivity contribution >= 4 is 21.6 Å². The summed E-state index contributed by atoms with van der Waals surface area (Å²) in [5, 5.41) is 4.47. The molecular weight excluding hydrogens is 310 g/mol. The molecule has 0 aromatic carbocycles. The SMILES string of the molecule is CCc1nn(-c2ncc(Br)c(OC)n2)c(CC)c1N. The van der Waals surface area contributed by atoms with E-state index in [0.29, 0.717) is 16.3 Å². The maximum absolute atomic E-state index is 6.08. The van der Waals surface area contributed by atoms with Crippen molar-refractivity contribution in [3.05, 3.63) is 22.1 Å². The van der Waals surface area contributed by atoms with Gasteiger partial charge in [-0.1, -0.05) is 13.8 Å². The van der Waals surface area contributed by atoms with Crippen LogP contribution in [0.3, 0.4) is 0 Å². The van der Waals surface area contributed by atoms with E-state index < -0.39 is 0 Å². The third-order valence-corrected chi connectivity index (χ3v) is 3.39. The number of anilines is 1. The van der Waals surface area contributed by atoms with Gasteiger partial charge in [0.05, 0.1) is 34.9 Å². The van der Waals surface area contributed by atoms with Crippen LogP contribution >= 0.6 is 15.9 Å². The highest BCUT2D eigenvalue weighted by Crippen LogP contribution is 2.24. The maximum Gasteiger partial charge on any atom is 0.254 e. The van der Waals surface area contributed by atoms with Crippen molar-refractivity contribution in [3.8, 4) is 11.8 Å². The van der Waals surface area contributed by atoms with Crippen molar-refractivity contribution in [2.75, 3.05) is 12.8 Å². The molecule has 0 unspecified atom stereocenters. The Morgan fingerprint density at radius 1 is 1.37 bits per heavy atom. The van der Waals surface area contributed by atoms with Crippen molar-refractivity contribution in [2.45, 2.75) is 26.7 Å². The molecule has 19 heavy (non-hydrogen) atoms. The second-order valence-electron chi connectivity index (χ2n) is 3.95. The third kappa shape index (κ3) is 2.42. The highest BCUT2D eigenvalue weighted by molar-refractivity contribution is 9.10. The Balaban J connectivity index is 2.58. The van der Waals surface area contributed by atoms with E-state index in [4.69, 9.17) is 10.5 Å². The molecule has 102 valence electrons. The van der Waals surface area contributed by atoms with Gasteiger partial charge in [0.15, 0.2) is 0 Å². The molecule has 0 aliphatic heterocycles. The minimum absolute atomic E-state index is 0.461. The molecule has 0 fully saturated rings.